The van der Waals surface area contributed by atoms with Gasteiger partial charge >= 0.3 is 5.97 Å². The number of carbonyl (C=O) groups excluding carboxylic acids is 2. The minimum absolute atomic E-state index is 0.145. The van der Waals surface area contributed by atoms with Crippen molar-refractivity contribution >= 4 is 11.8 Å². The van der Waals surface area contributed by atoms with Crippen molar-refractivity contribution in [3.05, 3.63) is 41.5 Å². The van der Waals surface area contributed by atoms with E-state index in [4.69, 9.17) is 14.2 Å². The molecule has 2 aromatic rings. The summed E-state index contributed by atoms with van der Waals surface area (Å²) >= 11 is 0. The molecule has 0 radical (unpaired) electrons. The fraction of sp³-hybridized carbons (Fsp3) is 0.333. The second kappa shape index (κ2) is 7.60. The summed E-state index contributed by atoms with van der Waals surface area (Å²) in [5.41, 5.74) is 3.33. The molecule has 0 unspecified atom stereocenters. The standard InChI is InChI=1S/C21H22O5/c1-4-6-19(23)26-20-16(10-12-18(24-2)21(20)25-3)13-7-5-8-15-14(13)9-11-17(15)22/h5,7-8,10,12H,4,6,9,11H2,1-3H3. The predicted octanol–water partition coefficient (Wildman–Crippen LogP) is 4.21. The van der Waals surface area contributed by atoms with E-state index < -0.39 is 0 Å². The highest BCUT2D eigenvalue weighted by atomic mass is 16.6. The van der Waals surface area contributed by atoms with E-state index in [2.05, 4.69) is 0 Å². The Bertz CT molecular complexity index is 854. The Morgan fingerprint density at radius 1 is 0.962 bits per heavy atom. The van der Waals surface area contributed by atoms with Crippen LogP contribution in [0.25, 0.3) is 11.1 Å². The van der Waals surface area contributed by atoms with E-state index in [0.717, 1.165) is 22.3 Å². The third-order valence-electron chi connectivity index (χ3n) is 4.54. The lowest BCUT2D eigenvalue weighted by molar-refractivity contribution is -0.134. The number of fused-ring (bicyclic) bond motifs is 1. The van der Waals surface area contributed by atoms with Crippen LogP contribution in [0.2, 0.25) is 0 Å². The number of ether oxygens (including phenoxy) is 3. The van der Waals surface area contributed by atoms with Gasteiger partial charge in [0.25, 0.3) is 0 Å². The summed E-state index contributed by atoms with van der Waals surface area (Å²) < 4.78 is 16.5. The number of hydrogen-bond donors (Lipinski definition) is 0. The SMILES string of the molecule is CCCC(=O)Oc1c(-c2cccc3c2CCC3=O)ccc(OC)c1OC. The van der Waals surface area contributed by atoms with Gasteiger partial charge in [0.1, 0.15) is 0 Å². The monoisotopic (exact) mass is 354 g/mol. The summed E-state index contributed by atoms with van der Waals surface area (Å²) in [6, 6.07) is 9.26. The van der Waals surface area contributed by atoms with Crippen molar-refractivity contribution < 1.29 is 23.8 Å². The highest BCUT2D eigenvalue weighted by molar-refractivity contribution is 6.03. The van der Waals surface area contributed by atoms with Crippen molar-refractivity contribution in [2.75, 3.05) is 14.2 Å². The van der Waals surface area contributed by atoms with Gasteiger partial charge in [-0.15, -0.1) is 0 Å². The summed E-state index contributed by atoms with van der Waals surface area (Å²) in [7, 11) is 3.05. The fourth-order valence-electron chi connectivity index (χ4n) is 3.32. The third-order valence-corrected chi connectivity index (χ3v) is 4.54. The maximum atomic E-state index is 12.2. The van der Waals surface area contributed by atoms with E-state index in [1.807, 2.05) is 31.2 Å². The van der Waals surface area contributed by atoms with E-state index in [-0.39, 0.29) is 11.8 Å². The summed E-state index contributed by atoms with van der Waals surface area (Å²) in [4.78, 5) is 24.3. The normalized spacial score (nSPS) is 12.7. The Hall–Kier alpha value is -2.82. The molecule has 0 saturated carbocycles. The Morgan fingerprint density at radius 3 is 2.42 bits per heavy atom. The first-order chi connectivity index (χ1) is 12.6. The molecule has 5 heteroatoms. The molecule has 0 spiro atoms. The van der Waals surface area contributed by atoms with Crippen LogP contribution in [0.3, 0.4) is 0 Å². The zero-order valence-electron chi connectivity index (χ0n) is 15.3. The van der Waals surface area contributed by atoms with E-state index in [0.29, 0.717) is 42.9 Å². The fourth-order valence-corrected chi connectivity index (χ4v) is 3.32. The number of hydrogen-bond acceptors (Lipinski definition) is 5. The summed E-state index contributed by atoms with van der Waals surface area (Å²) in [5.74, 6) is 1.00. The number of benzene rings is 2. The van der Waals surface area contributed by atoms with Gasteiger partial charge in [-0.1, -0.05) is 25.1 Å². The van der Waals surface area contributed by atoms with Gasteiger partial charge < -0.3 is 14.2 Å². The summed E-state index contributed by atoms with van der Waals surface area (Å²) in [5, 5.41) is 0. The first-order valence-corrected chi connectivity index (χ1v) is 8.71. The molecule has 136 valence electrons. The zero-order valence-corrected chi connectivity index (χ0v) is 15.3. The minimum atomic E-state index is -0.330. The van der Waals surface area contributed by atoms with Crippen LogP contribution in [0, 0.1) is 0 Å². The van der Waals surface area contributed by atoms with Crippen molar-refractivity contribution in [3.63, 3.8) is 0 Å². The van der Waals surface area contributed by atoms with E-state index >= 15 is 0 Å². The number of Topliss-reactive ketones (excluding diaryl/α,β-unsaturated/α-hetero) is 1. The largest absolute Gasteiger partial charge is 0.493 e. The molecule has 5 nitrogen and oxygen atoms in total. The third kappa shape index (κ3) is 3.17. The molecular formula is C21H22O5. The number of rotatable bonds is 6. The lowest BCUT2D eigenvalue weighted by Gasteiger charge is -2.18. The molecule has 3 rings (SSSR count). The van der Waals surface area contributed by atoms with Crippen LogP contribution in [0.1, 0.15) is 42.1 Å². The van der Waals surface area contributed by atoms with Gasteiger partial charge in [-0.3, -0.25) is 9.59 Å². The predicted molar refractivity (Wildman–Crippen MR) is 98.2 cm³/mol. The van der Waals surface area contributed by atoms with Crippen molar-refractivity contribution in [2.45, 2.75) is 32.6 Å². The molecule has 2 aromatic carbocycles. The van der Waals surface area contributed by atoms with Gasteiger partial charge in [-0.2, -0.15) is 0 Å². The molecule has 0 fully saturated rings. The second-order valence-electron chi connectivity index (χ2n) is 6.16. The summed E-state index contributed by atoms with van der Waals surface area (Å²) in [6.45, 7) is 1.92. The van der Waals surface area contributed by atoms with Crippen LogP contribution < -0.4 is 14.2 Å². The van der Waals surface area contributed by atoms with Crippen molar-refractivity contribution in [1.82, 2.24) is 0 Å². The second-order valence-corrected chi connectivity index (χ2v) is 6.16. The molecule has 1 aliphatic carbocycles. The maximum absolute atomic E-state index is 12.2. The Kier molecular flexibility index (Phi) is 5.26. The molecule has 0 bridgehead atoms. The molecule has 0 atom stereocenters. The van der Waals surface area contributed by atoms with Crippen LogP contribution >= 0.6 is 0 Å². The van der Waals surface area contributed by atoms with Crippen LogP contribution in [-0.4, -0.2) is 26.0 Å². The first kappa shape index (κ1) is 18.0. The quantitative estimate of drug-likeness (QED) is 0.574. The van der Waals surface area contributed by atoms with Gasteiger partial charge in [0.05, 0.1) is 14.2 Å². The highest BCUT2D eigenvalue weighted by Crippen LogP contribution is 2.46. The molecule has 0 heterocycles. The van der Waals surface area contributed by atoms with Crippen LogP contribution in [0.5, 0.6) is 17.2 Å². The molecule has 26 heavy (non-hydrogen) atoms. The smallest absolute Gasteiger partial charge is 0.311 e. The first-order valence-electron chi connectivity index (χ1n) is 8.71. The molecule has 0 saturated heterocycles. The minimum Gasteiger partial charge on any atom is -0.493 e. The number of methoxy groups -OCH3 is 2. The Balaban J connectivity index is 2.19. The van der Waals surface area contributed by atoms with E-state index in [1.165, 1.54) is 14.2 Å². The molecule has 0 aliphatic heterocycles. The average molecular weight is 354 g/mol. The van der Waals surface area contributed by atoms with Crippen LogP contribution in [-0.2, 0) is 11.2 Å². The van der Waals surface area contributed by atoms with Gasteiger partial charge in [0.15, 0.2) is 17.3 Å². The van der Waals surface area contributed by atoms with E-state index in [1.54, 1.807) is 6.07 Å². The molecule has 0 aromatic heterocycles. The Labute approximate surface area is 152 Å². The Morgan fingerprint density at radius 2 is 1.73 bits per heavy atom. The van der Waals surface area contributed by atoms with E-state index in [9.17, 15) is 9.59 Å². The average Bonchev–Trinajstić information content (AvgIpc) is 3.03. The zero-order chi connectivity index (χ0) is 18.7. The molecule has 0 amide bonds. The number of carbonyl (C=O) groups is 2. The molecule has 1 aliphatic rings. The summed E-state index contributed by atoms with van der Waals surface area (Å²) in [6.07, 6.45) is 2.19. The van der Waals surface area contributed by atoms with Gasteiger partial charge in [0.2, 0.25) is 5.75 Å². The van der Waals surface area contributed by atoms with Gasteiger partial charge in [-0.25, -0.2) is 0 Å². The highest BCUT2D eigenvalue weighted by Gasteiger charge is 2.26. The number of ketones is 1. The van der Waals surface area contributed by atoms with Gasteiger partial charge in [-0.05, 0) is 36.1 Å². The van der Waals surface area contributed by atoms with Crippen molar-refractivity contribution in [2.24, 2.45) is 0 Å². The van der Waals surface area contributed by atoms with Crippen LogP contribution in [0.15, 0.2) is 30.3 Å². The van der Waals surface area contributed by atoms with Crippen molar-refractivity contribution in [1.29, 1.82) is 0 Å². The van der Waals surface area contributed by atoms with Crippen molar-refractivity contribution in [3.8, 4) is 28.4 Å². The maximum Gasteiger partial charge on any atom is 0.311 e. The molecule has 0 N–H and O–H groups in total. The topological polar surface area (TPSA) is 61.8 Å². The van der Waals surface area contributed by atoms with Gasteiger partial charge in [0, 0.05) is 24.0 Å². The lowest BCUT2D eigenvalue weighted by Crippen LogP contribution is -2.09. The lowest BCUT2D eigenvalue weighted by atomic mass is 9.95. The van der Waals surface area contributed by atoms with Crippen LogP contribution in [0.4, 0.5) is 0 Å². The number of esters is 1. The molecular weight excluding hydrogens is 332 g/mol.